The lowest BCUT2D eigenvalue weighted by atomic mass is 10.2. The standard InChI is InChI=1S/C20H25N3O3S/c1-15-5-9-17(10-6-15)22-20(24)21-14-18-4-3-13-23(18)27(25,26)19-11-7-16(2)8-12-19/h5-12,18H,3-4,13-14H2,1-2H3,(H2,21,22,24)/t18-/m1/s1. The van der Waals surface area contributed by atoms with Crippen LogP contribution in [0.3, 0.4) is 0 Å². The Hall–Kier alpha value is -2.38. The monoisotopic (exact) mass is 387 g/mol. The Bertz CT molecular complexity index is 893. The topological polar surface area (TPSA) is 78.5 Å². The van der Waals surface area contributed by atoms with Gasteiger partial charge in [-0.25, -0.2) is 13.2 Å². The highest BCUT2D eigenvalue weighted by Crippen LogP contribution is 2.26. The summed E-state index contributed by atoms with van der Waals surface area (Å²) in [5.41, 5.74) is 2.83. The predicted octanol–water partition coefficient (Wildman–Crippen LogP) is 3.28. The normalized spacial score (nSPS) is 17.6. The van der Waals surface area contributed by atoms with Crippen LogP contribution in [-0.4, -0.2) is 37.9 Å². The van der Waals surface area contributed by atoms with E-state index in [1.165, 1.54) is 4.31 Å². The summed E-state index contributed by atoms with van der Waals surface area (Å²) in [5, 5.41) is 5.56. The molecule has 1 heterocycles. The molecule has 0 radical (unpaired) electrons. The zero-order chi connectivity index (χ0) is 19.4. The van der Waals surface area contributed by atoms with Crippen molar-refractivity contribution in [2.75, 3.05) is 18.4 Å². The van der Waals surface area contributed by atoms with Gasteiger partial charge in [-0.05, 0) is 51.0 Å². The van der Waals surface area contributed by atoms with Gasteiger partial charge >= 0.3 is 6.03 Å². The summed E-state index contributed by atoms with van der Waals surface area (Å²) in [6.45, 7) is 4.66. The fourth-order valence-electron chi connectivity index (χ4n) is 3.20. The van der Waals surface area contributed by atoms with E-state index in [-0.39, 0.29) is 18.6 Å². The Balaban J connectivity index is 1.61. The van der Waals surface area contributed by atoms with Crippen molar-refractivity contribution >= 4 is 21.7 Å². The molecular formula is C20H25N3O3S. The molecule has 0 saturated carbocycles. The van der Waals surface area contributed by atoms with E-state index in [4.69, 9.17) is 0 Å². The van der Waals surface area contributed by atoms with Crippen LogP contribution in [0.15, 0.2) is 53.4 Å². The third-order valence-electron chi connectivity index (χ3n) is 4.76. The smallest absolute Gasteiger partial charge is 0.319 e. The van der Waals surface area contributed by atoms with Gasteiger partial charge in [-0.3, -0.25) is 0 Å². The quantitative estimate of drug-likeness (QED) is 0.826. The molecule has 1 atom stereocenters. The zero-order valence-electron chi connectivity index (χ0n) is 15.6. The van der Waals surface area contributed by atoms with E-state index in [9.17, 15) is 13.2 Å². The van der Waals surface area contributed by atoms with E-state index in [1.807, 2.05) is 38.1 Å². The van der Waals surface area contributed by atoms with Crippen molar-refractivity contribution in [3.63, 3.8) is 0 Å². The number of rotatable bonds is 5. The molecule has 0 spiro atoms. The van der Waals surface area contributed by atoms with Gasteiger partial charge in [0.05, 0.1) is 4.90 Å². The molecule has 2 aromatic carbocycles. The molecule has 2 amide bonds. The van der Waals surface area contributed by atoms with Crippen molar-refractivity contribution in [3.05, 3.63) is 59.7 Å². The maximum absolute atomic E-state index is 12.9. The summed E-state index contributed by atoms with van der Waals surface area (Å²) >= 11 is 0. The van der Waals surface area contributed by atoms with E-state index in [2.05, 4.69) is 10.6 Å². The van der Waals surface area contributed by atoms with Crippen molar-refractivity contribution in [1.82, 2.24) is 9.62 Å². The van der Waals surface area contributed by atoms with Gasteiger partial charge in [-0.2, -0.15) is 4.31 Å². The second kappa shape index (κ2) is 8.10. The van der Waals surface area contributed by atoms with E-state index in [0.29, 0.717) is 17.1 Å². The SMILES string of the molecule is Cc1ccc(NC(=O)NC[C@H]2CCCN2S(=O)(=O)c2ccc(C)cc2)cc1. The number of benzene rings is 2. The number of aryl methyl sites for hydroxylation is 2. The van der Waals surface area contributed by atoms with Crippen LogP contribution >= 0.6 is 0 Å². The van der Waals surface area contributed by atoms with Gasteiger partial charge in [-0.1, -0.05) is 35.4 Å². The highest BCUT2D eigenvalue weighted by Gasteiger charge is 2.35. The van der Waals surface area contributed by atoms with Crippen LogP contribution in [0.2, 0.25) is 0 Å². The van der Waals surface area contributed by atoms with Crippen molar-refractivity contribution < 1.29 is 13.2 Å². The average Bonchev–Trinajstić information content (AvgIpc) is 3.12. The number of hydrogen-bond donors (Lipinski definition) is 2. The van der Waals surface area contributed by atoms with Crippen LogP contribution in [0.5, 0.6) is 0 Å². The Morgan fingerprint density at radius 1 is 1.04 bits per heavy atom. The highest BCUT2D eigenvalue weighted by atomic mass is 32.2. The average molecular weight is 388 g/mol. The molecule has 2 N–H and O–H groups in total. The first-order valence-electron chi connectivity index (χ1n) is 9.06. The Labute approximate surface area is 160 Å². The molecule has 1 aliphatic rings. The number of carbonyl (C=O) groups excluding carboxylic acids is 1. The van der Waals surface area contributed by atoms with Crippen molar-refractivity contribution in [2.45, 2.75) is 37.6 Å². The number of amides is 2. The van der Waals surface area contributed by atoms with Crippen LogP contribution in [0.1, 0.15) is 24.0 Å². The minimum atomic E-state index is -3.55. The summed E-state index contributed by atoms with van der Waals surface area (Å²) in [6, 6.07) is 13.8. The highest BCUT2D eigenvalue weighted by molar-refractivity contribution is 7.89. The zero-order valence-corrected chi connectivity index (χ0v) is 16.4. The summed E-state index contributed by atoms with van der Waals surface area (Å²) < 4.78 is 27.3. The predicted molar refractivity (Wildman–Crippen MR) is 106 cm³/mol. The van der Waals surface area contributed by atoms with Gasteiger partial charge in [0.15, 0.2) is 0 Å². The molecule has 144 valence electrons. The molecule has 0 aliphatic carbocycles. The maximum atomic E-state index is 12.9. The molecule has 6 nitrogen and oxygen atoms in total. The summed E-state index contributed by atoms with van der Waals surface area (Å²) in [4.78, 5) is 12.4. The molecule has 2 aromatic rings. The largest absolute Gasteiger partial charge is 0.336 e. The number of hydrogen-bond acceptors (Lipinski definition) is 3. The van der Waals surface area contributed by atoms with E-state index in [0.717, 1.165) is 24.0 Å². The lowest BCUT2D eigenvalue weighted by molar-refractivity contribution is 0.249. The van der Waals surface area contributed by atoms with Gasteiger partial charge in [0.25, 0.3) is 0 Å². The number of urea groups is 1. The van der Waals surface area contributed by atoms with Crippen LogP contribution in [0.4, 0.5) is 10.5 Å². The Kier molecular flexibility index (Phi) is 5.82. The van der Waals surface area contributed by atoms with Gasteiger partial charge in [-0.15, -0.1) is 0 Å². The number of anilines is 1. The van der Waals surface area contributed by atoms with Crippen molar-refractivity contribution in [1.29, 1.82) is 0 Å². The van der Waals surface area contributed by atoms with Crippen molar-refractivity contribution in [3.8, 4) is 0 Å². The number of carbonyl (C=O) groups is 1. The summed E-state index contributed by atoms with van der Waals surface area (Å²) in [6.07, 6.45) is 1.52. The number of sulfonamides is 1. The molecule has 0 aromatic heterocycles. The van der Waals surface area contributed by atoms with E-state index >= 15 is 0 Å². The fourth-order valence-corrected chi connectivity index (χ4v) is 4.89. The maximum Gasteiger partial charge on any atom is 0.319 e. The molecule has 1 fully saturated rings. The van der Waals surface area contributed by atoms with Crippen molar-refractivity contribution in [2.24, 2.45) is 0 Å². The molecule has 1 aliphatic heterocycles. The second-order valence-electron chi connectivity index (χ2n) is 6.93. The first kappa shape index (κ1) is 19.4. The number of nitrogens with one attached hydrogen (secondary N) is 2. The van der Waals surface area contributed by atoms with Crippen LogP contribution in [0.25, 0.3) is 0 Å². The van der Waals surface area contributed by atoms with E-state index in [1.54, 1.807) is 24.3 Å². The molecule has 0 unspecified atom stereocenters. The molecule has 3 rings (SSSR count). The van der Waals surface area contributed by atoms with Crippen LogP contribution in [0, 0.1) is 13.8 Å². The summed E-state index contributed by atoms with van der Waals surface area (Å²) in [5.74, 6) is 0. The summed E-state index contributed by atoms with van der Waals surface area (Å²) in [7, 11) is -3.55. The molecule has 0 bridgehead atoms. The first-order chi connectivity index (χ1) is 12.9. The Morgan fingerprint density at radius 3 is 2.26 bits per heavy atom. The first-order valence-corrected chi connectivity index (χ1v) is 10.5. The third-order valence-corrected chi connectivity index (χ3v) is 6.72. The Morgan fingerprint density at radius 2 is 1.63 bits per heavy atom. The molecule has 1 saturated heterocycles. The van der Waals surface area contributed by atoms with Gasteiger partial charge < -0.3 is 10.6 Å². The van der Waals surface area contributed by atoms with Crippen LogP contribution < -0.4 is 10.6 Å². The third kappa shape index (κ3) is 4.67. The van der Waals surface area contributed by atoms with Gasteiger partial charge in [0.2, 0.25) is 10.0 Å². The van der Waals surface area contributed by atoms with Crippen LogP contribution in [-0.2, 0) is 10.0 Å². The van der Waals surface area contributed by atoms with E-state index < -0.39 is 10.0 Å². The van der Waals surface area contributed by atoms with Gasteiger partial charge in [0, 0.05) is 24.8 Å². The second-order valence-corrected chi connectivity index (χ2v) is 8.82. The lowest BCUT2D eigenvalue weighted by Gasteiger charge is -2.24. The number of nitrogens with zero attached hydrogens (tertiary/aromatic N) is 1. The molecule has 27 heavy (non-hydrogen) atoms. The van der Waals surface area contributed by atoms with Gasteiger partial charge in [0.1, 0.15) is 0 Å². The fraction of sp³-hybridized carbons (Fsp3) is 0.350. The minimum Gasteiger partial charge on any atom is -0.336 e. The molecule has 7 heteroatoms. The minimum absolute atomic E-state index is 0.236. The molecular weight excluding hydrogens is 362 g/mol. The lowest BCUT2D eigenvalue weighted by Crippen LogP contribution is -2.44.